The zero-order valence-corrected chi connectivity index (χ0v) is 19.9. The number of aromatic nitrogens is 2. The summed E-state index contributed by atoms with van der Waals surface area (Å²) in [6.45, 7) is 4.39. The predicted octanol–water partition coefficient (Wildman–Crippen LogP) is 4.75. The van der Waals surface area contributed by atoms with Crippen LogP contribution in [0.2, 0.25) is 0 Å². The van der Waals surface area contributed by atoms with Crippen LogP contribution in [0.25, 0.3) is 0 Å². The summed E-state index contributed by atoms with van der Waals surface area (Å²) in [4.78, 5) is 2.11. The van der Waals surface area contributed by atoms with E-state index in [1.54, 1.807) is 0 Å². The minimum absolute atomic E-state index is 0.0380. The minimum Gasteiger partial charge on any atom is -0.381 e. The normalized spacial score (nSPS) is 25.1. The molecule has 190 valence electrons. The van der Waals surface area contributed by atoms with E-state index >= 15 is 0 Å². The molecule has 1 saturated carbocycles. The molecule has 3 rings (SSSR count). The monoisotopic (exact) mass is 480 g/mol. The van der Waals surface area contributed by atoms with Crippen LogP contribution in [0, 0.1) is 5.41 Å². The summed E-state index contributed by atoms with van der Waals surface area (Å²) in [7, 11) is 3.85. The lowest BCUT2D eigenvalue weighted by atomic mass is 9.66. The van der Waals surface area contributed by atoms with E-state index in [1.165, 1.54) is 4.68 Å². The zero-order chi connectivity index (χ0) is 24.3. The minimum atomic E-state index is -4.19. The molecule has 0 aromatic carbocycles. The largest absolute Gasteiger partial charge is 0.389 e. The number of hydrogen-bond donors (Lipinski definition) is 1. The number of halogens is 5. The van der Waals surface area contributed by atoms with Crippen LogP contribution in [0.3, 0.4) is 0 Å². The molecular formula is C23H37F5N4O. The van der Waals surface area contributed by atoms with Gasteiger partial charge in [0.15, 0.2) is 0 Å². The van der Waals surface area contributed by atoms with Crippen LogP contribution >= 0.6 is 0 Å². The Kier molecular flexibility index (Phi) is 8.43. The highest BCUT2D eigenvalue weighted by Gasteiger charge is 2.45. The highest BCUT2D eigenvalue weighted by Crippen LogP contribution is 2.49. The molecule has 1 N–H and O–H groups in total. The molecule has 1 aromatic rings. The van der Waals surface area contributed by atoms with Crippen molar-refractivity contribution < 1.29 is 26.7 Å². The molecule has 0 amide bonds. The summed E-state index contributed by atoms with van der Waals surface area (Å²) in [6.07, 6.45) is -2.74. The summed E-state index contributed by atoms with van der Waals surface area (Å²) < 4.78 is 74.2. The first-order valence-corrected chi connectivity index (χ1v) is 11.9. The standard InChI is InChI=1S/C23H37F5N4O/c1-4-33-16-21(9-10-23(26,27)28)7-5-17(6-8-21)20-18(14-31(3)12-11-29-2)30-32-15-22(24,25)13-19(20)32/h17,29H,4-16H2,1-3H3. The van der Waals surface area contributed by atoms with Crippen molar-refractivity contribution in [3.8, 4) is 0 Å². The van der Waals surface area contributed by atoms with E-state index in [-0.39, 0.29) is 18.8 Å². The van der Waals surface area contributed by atoms with Gasteiger partial charge in [-0.15, -0.1) is 0 Å². The lowest BCUT2D eigenvalue weighted by Crippen LogP contribution is -2.34. The molecule has 2 heterocycles. The van der Waals surface area contributed by atoms with Crippen molar-refractivity contribution >= 4 is 0 Å². The molecule has 0 radical (unpaired) electrons. The fourth-order valence-electron chi connectivity index (χ4n) is 5.34. The van der Waals surface area contributed by atoms with Crippen LogP contribution in [0.15, 0.2) is 0 Å². The van der Waals surface area contributed by atoms with Crippen molar-refractivity contribution in [3.63, 3.8) is 0 Å². The number of ether oxygens (including phenoxy) is 1. The number of fused-ring (bicyclic) bond motifs is 1. The third-order valence-corrected chi connectivity index (χ3v) is 7.15. The average Bonchev–Trinajstić information content (AvgIpc) is 3.20. The average molecular weight is 481 g/mol. The first kappa shape index (κ1) is 26.3. The molecule has 1 aliphatic carbocycles. The Hall–Kier alpha value is -1.26. The van der Waals surface area contributed by atoms with E-state index in [1.807, 2.05) is 21.0 Å². The molecule has 2 aliphatic rings. The smallest absolute Gasteiger partial charge is 0.381 e. The summed E-state index contributed by atoms with van der Waals surface area (Å²) in [6, 6.07) is 0. The van der Waals surface area contributed by atoms with Crippen molar-refractivity contribution in [1.29, 1.82) is 0 Å². The molecule has 0 bridgehead atoms. The third kappa shape index (κ3) is 6.88. The Morgan fingerprint density at radius 3 is 2.55 bits per heavy atom. The summed E-state index contributed by atoms with van der Waals surface area (Å²) in [5.74, 6) is -2.76. The molecule has 5 nitrogen and oxygen atoms in total. The maximum Gasteiger partial charge on any atom is 0.389 e. The lowest BCUT2D eigenvalue weighted by molar-refractivity contribution is -0.145. The second kappa shape index (κ2) is 10.6. The van der Waals surface area contributed by atoms with Crippen LogP contribution in [-0.4, -0.2) is 67.2 Å². The van der Waals surface area contributed by atoms with Crippen molar-refractivity contribution in [1.82, 2.24) is 20.0 Å². The van der Waals surface area contributed by atoms with Gasteiger partial charge in [-0.25, -0.2) is 8.78 Å². The molecular weight excluding hydrogens is 443 g/mol. The Bertz CT molecular complexity index is 772. The molecule has 0 saturated heterocycles. The van der Waals surface area contributed by atoms with Crippen molar-refractivity contribution in [3.05, 3.63) is 17.0 Å². The first-order chi connectivity index (χ1) is 15.5. The van der Waals surface area contributed by atoms with Gasteiger partial charge in [0, 0.05) is 43.9 Å². The number of nitrogens with zero attached hydrogens (tertiary/aromatic N) is 3. The Labute approximate surface area is 193 Å². The van der Waals surface area contributed by atoms with Gasteiger partial charge in [0.2, 0.25) is 0 Å². The molecule has 0 spiro atoms. The summed E-state index contributed by atoms with van der Waals surface area (Å²) in [5, 5.41) is 7.67. The van der Waals surface area contributed by atoms with Gasteiger partial charge in [-0.05, 0) is 64.5 Å². The fraction of sp³-hybridized carbons (Fsp3) is 0.870. The molecule has 1 aliphatic heterocycles. The molecule has 0 atom stereocenters. The van der Waals surface area contributed by atoms with Crippen molar-refractivity contribution in [2.45, 2.75) is 83.0 Å². The van der Waals surface area contributed by atoms with Crippen LogP contribution in [0.4, 0.5) is 22.0 Å². The Morgan fingerprint density at radius 2 is 1.94 bits per heavy atom. The van der Waals surface area contributed by atoms with E-state index in [2.05, 4.69) is 15.3 Å². The second-order valence-corrected chi connectivity index (χ2v) is 9.87. The van der Waals surface area contributed by atoms with E-state index < -0.39 is 30.5 Å². The van der Waals surface area contributed by atoms with Crippen LogP contribution in [-0.2, 0) is 24.2 Å². The highest BCUT2D eigenvalue weighted by atomic mass is 19.4. The summed E-state index contributed by atoms with van der Waals surface area (Å²) in [5.41, 5.74) is 1.84. The van der Waals surface area contributed by atoms with E-state index in [4.69, 9.17) is 4.74 Å². The molecule has 10 heteroatoms. The number of alkyl halides is 5. The van der Waals surface area contributed by atoms with Crippen LogP contribution < -0.4 is 5.32 Å². The third-order valence-electron chi connectivity index (χ3n) is 7.15. The van der Waals surface area contributed by atoms with Gasteiger partial charge >= 0.3 is 6.18 Å². The van der Waals surface area contributed by atoms with Gasteiger partial charge in [-0.2, -0.15) is 18.3 Å². The number of rotatable bonds is 11. The quantitative estimate of drug-likeness (QED) is 0.465. The van der Waals surface area contributed by atoms with Gasteiger partial charge in [0.1, 0.15) is 6.54 Å². The molecule has 1 fully saturated rings. The van der Waals surface area contributed by atoms with Gasteiger partial charge < -0.3 is 10.1 Å². The number of hydrogen-bond acceptors (Lipinski definition) is 4. The van der Waals surface area contributed by atoms with E-state index in [9.17, 15) is 22.0 Å². The van der Waals surface area contributed by atoms with Gasteiger partial charge in [-0.1, -0.05) is 0 Å². The number of likely N-dealkylation sites (N-methyl/N-ethyl adjacent to an activating group) is 2. The SMILES string of the molecule is CCOCC1(CCC(F)(F)F)CCC(c2c(CN(C)CCNC)nn3c2CC(F)(F)C3)CC1. The lowest BCUT2D eigenvalue weighted by Gasteiger charge is -2.40. The van der Waals surface area contributed by atoms with Crippen molar-refractivity contribution in [2.75, 3.05) is 40.4 Å². The summed E-state index contributed by atoms with van der Waals surface area (Å²) >= 11 is 0. The van der Waals surface area contributed by atoms with Crippen molar-refractivity contribution in [2.24, 2.45) is 5.41 Å². The van der Waals surface area contributed by atoms with Crippen LogP contribution in [0.1, 0.15) is 68.3 Å². The maximum atomic E-state index is 14.2. The number of nitrogens with one attached hydrogen (secondary N) is 1. The Morgan fingerprint density at radius 1 is 1.24 bits per heavy atom. The molecule has 33 heavy (non-hydrogen) atoms. The fourth-order valence-corrected chi connectivity index (χ4v) is 5.34. The second-order valence-electron chi connectivity index (χ2n) is 9.87. The van der Waals surface area contributed by atoms with E-state index in [0.29, 0.717) is 51.1 Å². The van der Waals surface area contributed by atoms with Gasteiger partial charge in [0.25, 0.3) is 5.92 Å². The zero-order valence-electron chi connectivity index (χ0n) is 19.9. The maximum absolute atomic E-state index is 14.2. The highest BCUT2D eigenvalue weighted by molar-refractivity contribution is 5.34. The predicted molar refractivity (Wildman–Crippen MR) is 117 cm³/mol. The van der Waals surface area contributed by atoms with Gasteiger partial charge in [0.05, 0.1) is 18.7 Å². The topological polar surface area (TPSA) is 42.3 Å². The van der Waals surface area contributed by atoms with Gasteiger partial charge in [-0.3, -0.25) is 9.58 Å². The first-order valence-electron chi connectivity index (χ1n) is 11.9. The molecule has 0 unspecified atom stereocenters. The van der Waals surface area contributed by atoms with E-state index in [0.717, 1.165) is 24.3 Å². The molecule has 1 aromatic heterocycles. The van der Waals surface area contributed by atoms with Crippen LogP contribution in [0.5, 0.6) is 0 Å². The Balaban J connectivity index is 1.78.